The van der Waals surface area contributed by atoms with Gasteiger partial charge in [0.2, 0.25) is 5.91 Å². The molecule has 94 valence electrons. The fourth-order valence-electron chi connectivity index (χ4n) is 0.824. The molecular weight excluding hydrogens is 236 g/mol. The van der Waals surface area contributed by atoms with E-state index in [4.69, 9.17) is 10.8 Å². The second-order valence-corrected chi connectivity index (χ2v) is 5.35. The van der Waals surface area contributed by atoms with Crippen molar-refractivity contribution in [1.82, 2.24) is 4.72 Å². The first-order valence-electron chi connectivity index (χ1n) is 4.50. The van der Waals surface area contributed by atoms with E-state index in [9.17, 15) is 19.5 Å². The zero-order valence-corrected chi connectivity index (χ0v) is 9.90. The van der Waals surface area contributed by atoms with Crippen LogP contribution in [0.4, 0.5) is 0 Å². The van der Waals surface area contributed by atoms with Gasteiger partial charge in [0.1, 0.15) is 12.1 Å². The number of primary amides is 1. The van der Waals surface area contributed by atoms with E-state index >= 15 is 0 Å². The van der Waals surface area contributed by atoms with Gasteiger partial charge in [-0.15, -0.1) is 11.1 Å². The predicted molar refractivity (Wildman–Crippen MR) is 60.0 cm³/mol. The summed E-state index contributed by atoms with van der Waals surface area (Å²) < 4.78 is 2.55. The Hall–Kier alpha value is -1.12. The van der Waals surface area contributed by atoms with Crippen LogP contribution in [-0.4, -0.2) is 45.1 Å². The van der Waals surface area contributed by atoms with E-state index in [1.54, 1.807) is 0 Å². The molecule has 0 radical (unpaired) electrons. The molecule has 7 nitrogen and oxygen atoms in total. The van der Waals surface area contributed by atoms with Crippen LogP contribution in [0.3, 0.4) is 0 Å². The molecule has 0 aromatic rings. The van der Waals surface area contributed by atoms with Crippen molar-refractivity contribution in [2.45, 2.75) is 26.0 Å². The SMILES string of the molecule is CC(=O)[SH](C[C@@H](O)C(N)=O)N[C@@H](C)C(=O)O. The Balaban J connectivity index is 4.45. The Labute approximate surface area is 95.5 Å². The van der Waals surface area contributed by atoms with Crippen molar-refractivity contribution in [2.24, 2.45) is 5.73 Å². The molecule has 0 aliphatic heterocycles. The molecule has 8 heteroatoms. The number of rotatable bonds is 6. The summed E-state index contributed by atoms with van der Waals surface area (Å²) in [6.45, 7) is 2.64. The molecule has 0 bridgehead atoms. The second kappa shape index (κ2) is 6.46. The van der Waals surface area contributed by atoms with Gasteiger partial charge in [-0.05, 0) is 6.92 Å². The first-order chi connectivity index (χ1) is 7.25. The van der Waals surface area contributed by atoms with Crippen molar-refractivity contribution in [1.29, 1.82) is 0 Å². The Morgan fingerprint density at radius 3 is 2.25 bits per heavy atom. The lowest BCUT2D eigenvalue weighted by Crippen LogP contribution is -2.38. The topological polar surface area (TPSA) is 130 Å². The fourth-order valence-corrected chi connectivity index (χ4v) is 2.47. The van der Waals surface area contributed by atoms with Crippen LogP contribution in [0.2, 0.25) is 0 Å². The van der Waals surface area contributed by atoms with Gasteiger partial charge >= 0.3 is 5.97 Å². The number of carbonyl (C=O) groups is 3. The molecule has 0 aliphatic rings. The van der Waals surface area contributed by atoms with Crippen LogP contribution in [0, 0.1) is 0 Å². The molecule has 0 rings (SSSR count). The highest BCUT2D eigenvalue weighted by Gasteiger charge is 2.22. The zero-order valence-electron chi connectivity index (χ0n) is 9.01. The standard InChI is InChI=1S/C8H16N2O5S/c1-4(8(14)15)10-16(5(2)11)3-6(12)7(9)13/h4,6,10,12,16H,3H2,1-2H3,(H2,9,13)(H,14,15)/t4-,6+/m0/s1. The summed E-state index contributed by atoms with van der Waals surface area (Å²) in [5.41, 5.74) is 4.84. The number of thiol groups is 1. The minimum atomic E-state index is -1.58. The number of hydrogen-bond donors (Lipinski definition) is 5. The van der Waals surface area contributed by atoms with E-state index in [2.05, 4.69) is 4.72 Å². The number of aliphatic hydroxyl groups excluding tert-OH is 1. The molecule has 0 aromatic carbocycles. The number of aliphatic hydroxyl groups is 1. The van der Waals surface area contributed by atoms with E-state index in [0.29, 0.717) is 0 Å². The van der Waals surface area contributed by atoms with Crippen molar-refractivity contribution in [3.63, 3.8) is 0 Å². The molecule has 0 aliphatic carbocycles. The van der Waals surface area contributed by atoms with Crippen LogP contribution in [0.1, 0.15) is 13.8 Å². The lowest BCUT2D eigenvalue weighted by atomic mass is 10.4. The molecule has 16 heavy (non-hydrogen) atoms. The molecule has 1 unspecified atom stereocenters. The molecule has 0 saturated heterocycles. The van der Waals surface area contributed by atoms with Crippen molar-refractivity contribution in [3.8, 4) is 0 Å². The van der Waals surface area contributed by atoms with Crippen molar-refractivity contribution in [2.75, 3.05) is 5.75 Å². The van der Waals surface area contributed by atoms with Gasteiger partial charge in [-0.1, -0.05) is 0 Å². The first-order valence-corrected chi connectivity index (χ1v) is 6.02. The third kappa shape index (κ3) is 5.10. The Bertz CT molecular complexity index is 274. The predicted octanol–water partition coefficient (Wildman–Crippen LogP) is -1.64. The number of nitrogens with two attached hydrogens (primary N) is 1. The fraction of sp³-hybridized carbons (Fsp3) is 0.625. The highest BCUT2D eigenvalue weighted by molar-refractivity contribution is 8.28. The van der Waals surface area contributed by atoms with Gasteiger partial charge in [0, 0.05) is 12.7 Å². The maximum atomic E-state index is 11.2. The average Bonchev–Trinajstić information content (AvgIpc) is 2.15. The Morgan fingerprint density at radius 2 is 1.94 bits per heavy atom. The molecule has 0 saturated carbocycles. The number of hydrogen-bond acceptors (Lipinski definition) is 5. The van der Waals surface area contributed by atoms with E-state index in [0.717, 1.165) is 0 Å². The summed E-state index contributed by atoms with van der Waals surface area (Å²) in [7, 11) is 0. The summed E-state index contributed by atoms with van der Waals surface area (Å²) in [6, 6.07) is -0.921. The highest BCUT2D eigenvalue weighted by atomic mass is 32.2. The van der Waals surface area contributed by atoms with Gasteiger partial charge in [0.15, 0.2) is 5.12 Å². The second-order valence-electron chi connectivity index (χ2n) is 3.24. The average molecular weight is 252 g/mol. The number of nitrogens with one attached hydrogen (secondary N) is 1. The van der Waals surface area contributed by atoms with E-state index in [1.807, 2.05) is 0 Å². The molecule has 0 heterocycles. The Kier molecular flexibility index (Phi) is 6.01. The lowest BCUT2D eigenvalue weighted by molar-refractivity contribution is -0.138. The van der Waals surface area contributed by atoms with Crippen LogP contribution in [0.15, 0.2) is 0 Å². The summed E-state index contributed by atoms with van der Waals surface area (Å²) in [6.07, 6.45) is -1.44. The van der Waals surface area contributed by atoms with Crippen LogP contribution in [0.5, 0.6) is 0 Å². The normalized spacial score (nSPS) is 17.3. The minimum absolute atomic E-state index is 0.169. The highest BCUT2D eigenvalue weighted by Crippen LogP contribution is 2.23. The van der Waals surface area contributed by atoms with Crippen molar-refractivity contribution in [3.05, 3.63) is 0 Å². The molecule has 0 spiro atoms. The van der Waals surface area contributed by atoms with Gasteiger partial charge in [0.25, 0.3) is 0 Å². The van der Waals surface area contributed by atoms with Crippen LogP contribution in [-0.2, 0) is 14.4 Å². The molecule has 0 fully saturated rings. The van der Waals surface area contributed by atoms with Gasteiger partial charge in [-0.2, -0.15) is 0 Å². The number of carboxylic acids is 1. The number of aliphatic carboxylic acids is 1. The molecule has 0 aromatic heterocycles. The maximum absolute atomic E-state index is 11.2. The van der Waals surface area contributed by atoms with Gasteiger partial charge < -0.3 is 15.9 Å². The first kappa shape index (κ1) is 14.9. The third-order valence-corrected chi connectivity index (χ3v) is 3.95. The molecule has 1 amide bonds. The largest absolute Gasteiger partial charge is 0.480 e. The smallest absolute Gasteiger partial charge is 0.321 e. The van der Waals surface area contributed by atoms with Crippen LogP contribution >= 0.6 is 11.1 Å². The van der Waals surface area contributed by atoms with Gasteiger partial charge in [0.05, 0.1) is 0 Å². The maximum Gasteiger partial charge on any atom is 0.321 e. The summed E-state index contributed by atoms with van der Waals surface area (Å²) >= 11 is -1.58. The summed E-state index contributed by atoms with van der Waals surface area (Å²) in [5.74, 6) is -2.21. The van der Waals surface area contributed by atoms with Gasteiger partial charge in [-0.25, -0.2) is 0 Å². The van der Waals surface area contributed by atoms with E-state index in [1.165, 1.54) is 13.8 Å². The van der Waals surface area contributed by atoms with Crippen molar-refractivity contribution >= 4 is 28.1 Å². The lowest BCUT2D eigenvalue weighted by Gasteiger charge is -2.23. The molecular formula is C8H16N2O5S. The minimum Gasteiger partial charge on any atom is -0.480 e. The third-order valence-electron chi connectivity index (χ3n) is 1.78. The van der Waals surface area contributed by atoms with Crippen LogP contribution in [0.25, 0.3) is 0 Å². The number of amides is 1. The van der Waals surface area contributed by atoms with Crippen LogP contribution < -0.4 is 10.5 Å². The number of carbonyl (C=O) groups excluding carboxylic acids is 2. The number of carboxylic acid groups (broad SMARTS) is 1. The van der Waals surface area contributed by atoms with Crippen molar-refractivity contribution < 1.29 is 24.6 Å². The Morgan fingerprint density at radius 1 is 1.44 bits per heavy atom. The monoisotopic (exact) mass is 252 g/mol. The summed E-state index contributed by atoms with van der Waals surface area (Å²) in [4.78, 5) is 32.3. The molecule has 3 atom stereocenters. The zero-order chi connectivity index (χ0) is 12.9. The molecule has 5 N–H and O–H groups in total. The van der Waals surface area contributed by atoms with E-state index < -0.39 is 35.1 Å². The summed E-state index contributed by atoms with van der Waals surface area (Å²) in [5, 5.41) is 17.5. The quantitative estimate of drug-likeness (QED) is 0.360. The van der Waals surface area contributed by atoms with Gasteiger partial charge in [-0.3, -0.25) is 19.1 Å². The van der Waals surface area contributed by atoms with E-state index in [-0.39, 0.29) is 10.9 Å².